The van der Waals surface area contributed by atoms with Crippen LogP contribution in [0.5, 0.6) is 0 Å². The van der Waals surface area contributed by atoms with Crippen LogP contribution in [0.4, 0.5) is 0 Å². The lowest BCUT2D eigenvalue weighted by atomic mass is 10.3. The fraction of sp³-hybridized carbons (Fsp3) is 1.00. The molecule has 0 saturated heterocycles. The van der Waals surface area contributed by atoms with Crippen molar-refractivity contribution in [1.82, 2.24) is 0 Å². The highest BCUT2D eigenvalue weighted by Crippen LogP contribution is 2.48. The molecule has 0 aliphatic carbocycles. The second-order valence-electron chi connectivity index (χ2n) is 4.30. The second kappa shape index (κ2) is 4.74. The third-order valence-electron chi connectivity index (χ3n) is 1.39. The Morgan fingerprint density at radius 1 is 1.38 bits per heavy atom. The van der Waals surface area contributed by atoms with Crippen LogP contribution in [0.25, 0.3) is 0 Å². The van der Waals surface area contributed by atoms with Crippen LogP contribution in [0, 0.1) is 0 Å². The molecule has 0 rings (SSSR count). The third-order valence-corrected chi connectivity index (χ3v) is 5.65. The number of hydrogen-bond acceptors (Lipinski definition) is 3. The molecule has 0 aliphatic heterocycles. The normalized spacial score (nSPS) is 19.5. The van der Waals surface area contributed by atoms with E-state index in [2.05, 4.69) is 0 Å². The molecule has 0 aromatic carbocycles. The van der Waals surface area contributed by atoms with Gasteiger partial charge < -0.3 is 8.74 Å². The van der Waals surface area contributed by atoms with Crippen molar-refractivity contribution in [2.45, 2.75) is 46.0 Å². The van der Waals surface area contributed by atoms with Crippen LogP contribution in [-0.4, -0.2) is 21.1 Å². The van der Waals surface area contributed by atoms with E-state index < -0.39 is 15.9 Å². The van der Waals surface area contributed by atoms with Crippen molar-refractivity contribution in [3.05, 3.63) is 0 Å². The smallest absolute Gasteiger partial charge is 0.318 e. The lowest BCUT2D eigenvalue weighted by Gasteiger charge is -2.25. The summed E-state index contributed by atoms with van der Waals surface area (Å²) in [5.41, 5.74) is 0. The first-order valence-electron chi connectivity index (χ1n) is 4.63. The maximum Gasteiger partial charge on any atom is 0.318 e. The van der Waals surface area contributed by atoms with Gasteiger partial charge in [0.25, 0.3) is 0 Å². The topological polar surface area (TPSA) is 35.5 Å². The molecule has 0 aliphatic rings. The molecule has 2 atom stereocenters. The molecule has 0 bridgehead atoms. The maximum absolute atomic E-state index is 11.8. The first-order valence-corrected chi connectivity index (χ1v) is 10.0. The zero-order valence-electron chi connectivity index (χ0n) is 9.46. The summed E-state index contributed by atoms with van der Waals surface area (Å²) in [5, 5.41) is 0. The van der Waals surface area contributed by atoms with E-state index in [4.69, 9.17) is 8.74 Å². The standard InChI is InChI=1S/C8H21O3PSi/c1-7-8(2)10-12(3,9)11-13(4,5)6/h8H,7H2,1-6H3. The first kappa shape index (κ1) is 13.4. The van der Waals surface area contributed by atoms with E-state index in [0.717, 1.165) is 6.42 Å². The van der Waals surface area contributed by atoms with E-state index in [-0.39, 0.29) is 6.10 Å². The van der Waals surface area contributed by atoms with Crippen LogP contribution in [0.2, 0.25) is 19.6 Å². The SMILES string of the molecule is CCC(C)OP(C)(=O)O[Si](C)(C)C. The molecule has 0 fully saturated rings. The van der Waals surface area contributed by atoms with Crippen molar-refractivity contribution in [2.75, 3.05) is 6.66 Å². The summed E-state index contributed by atoms with van der Waals surface area (Å²) in [6.07, 6.45) is 0.861. The van der Waals surface area contributed by atoms with Gasteiger partial charge in [-0.1, -0.05) is 6.92 Å². The Bertz CT molecular complexity index is 200. The van der Waals surface area contributed by atoms with E-state index in [1.807, 2.05) is 33.5 Å². The summed E-state index contributed by atoms with van der Waals surface area (Å²) >= 11 is 0. The van der Waals surface area contributed by atoms with Crippen LogP contribution in [0.1, 0.15) is 20.3 Å². The van der Waals surface area contributed by atoms with Gasteiger partial charge in [0.15, 0.2) is 8.32 Å². The van der Waals surface area contributed by atoms with Gasteiger partial charge >= 0.3 is 7.60 Å². The molecule has 0 radical (unpaired) electrons. The van der Waals surface area contributed by atoms with Crippen molar-refractivity contribution < 1.29 is 13.3 Å². The van der Waals surface area contributed by atoms with Gasteiger partial charge in [-0.15, -0.1) is 0 Å². The summed E-state index contributed by atoms with van der Waals surface area (Å²) in [6.45, 7) is 11.5. The van der Waals surface area contributed by atoms with E-state index in [1.165, 1.54) is 0 Å². The predicted molar refractivity (Wildman–Crippen MR) is 58.8 cm³/mol. The molecule has 0 aromatic rings. The van der Waals surface area contributed by atoms with Gasteiger partial charge in [-0.3, -0.25) is 4.57 Å². The van der Waals surface area contributed by atoms with Gasteiger partial charge in [0, 0.05) is 6.66 Å². The molecule has 80 valence electrons. The Hall–Kier alpha value is 0.367. The molecule has 3 nitrogen and oxygen atoms in total. The highest BCUT2D eigenvalue weighted by molar-refractivity contribution is 7.54. The molecule has 0 spiro atoms. The lowest BCUT2D eigenvalue weighted by molar-refractivity contribution is 0.192. The van der Waals surface area contributed by atoms with Gasteiger partial charge in [0.1, 0.15) is 0 Å². The van der Waals surface area contributed by atoms with Gasteiger partial charge in [-0.05, 0) is 33.0 Å². The zero-order chi connectivity index (χ0) is 10.7. The van der Waals surface area contributed by atoms with Crippen LogP contribution in [0.15, 0.2) is 0 Å². The summed E-state index contributed by atoms with van der Waals surface area (Å²) in [6, 6.07) is 0. The van der Waals surface area contributed by atoms with E-state index in [9.17, 15) is 4.57 Å². The molecule has 13 heavy (non-hydrogen) atoms. The molecule has 0 heterocycles. The van der Waals surface area contributed by atoms with Gasteiger partial charge in [0.05, 0.1) is 6.10 Å². The van der Waals surface area contributed by atoms with Gasteiger partial charge in [-0.25, -0.2) is 0 Å². The fourth-order valence-electron chi connectivity index (χ4n) is 0.920. The Kier molecular flexibility index (Phi) is 4.87. The number of hydrogen-bond donors (Lipinski definition) is 0. The lowest BCUT2D eigenvalue weighted by Crippen LogP contribution is -2.24. The van der Waals surface area contributed by atoms with E-state index in [1.54, 1.807) is 6.66 Å². The minimum atomic E-state index is -2.82. The summed E-state index contributed by atoms with van der Waals surface area (Å²) < 4.78 is 22.6. The minimum absolute atomic E-state index is 0.00665. The summed E-state index contributed by atoms with van der Waals surface area (Å²) in [5.74, 6) is 0. The Labute approximate surface area is 82.5 Å². The van der Waals surface area contributed by atoms with Crippen molar-refractivity contribution in [2.24, 2.45) is 0 Å². The fourth-order valence-corrected chi connectivity index (χ4v) is 5.88. The van der Waals surface area contributed by atoms with Crippen molar-refractivity contribution >= 4 is 15.9 Å². The van der Waals surface area contributed by atoms with Gasteiger partial charge in [-0.2, -0.15) is 0 Å². The molecular formula is C8H21O3PSi. The molecule has 0 saturated carbocycles. The van der Waals surface area contributed by atoms with Crippen molar-refractivity contribution in [3.63, 3.8) is 0 Å². The van der Waals surface area contributed by atoms with Gasteiger partial charge in [0.2, 0.25) is 0 Å². The van der Waals surface area contributed by atoms with E-state index in [0.29, 0.717) is 0 Å². The largest absolute Gasteiger partial charge is 0.351 e. The Balaban J connectivity index is 4.17. The highest BCUT2D eigenvalue weighted by atomic mass is 31.2. The van der Waals surface area contributed by atoms with Crippen molar-refractivity contribution in [1.29, 1.82) is 0 Å². The maximum atomic E-state index is 11.8. The zero-order valence-corrected chi connectivity index (χ0v) is 11.4. The quantitative estimate of drug-likeness (QED) is 0.530. The molecule has 5 heteroatoms. The monoisotopic (exact) mass is 224 g/mol. The predicted octanol–water partition coefficient (Wildman–Crippen LogP) is 3.48. The minimum Gasteiger partial charge on any atom is -0.351 e. The summed E-state index contributed by atoms with van der Waals surface area (Å²) in [4.78, 5) is 0. The van der Waals surface area contributed by atoms with Crippen LogP contribution in [0.3, 0.4) is 0 Å². The van der Waals surface area contributed by atoms with Crippen LogP contribution in [-0.2, 0) is 13.3 Å². The Morgan fingerprint density at radius 3 is 2.15 bits per heavy atom. The molecule has 0 amide bonds. The highest BCUT2D eigenvalue weighted by Gasteiger charge is 2.28. The molecule has 0 aromatic heterocycles. The first-order chi connectivity index (χ1) is 5.66. The molecule has 0 N–H and O–H groups in total. The summed E-state index contributed by atoms with van der Waals surface area (Å²) in [7, 11) is -4.59. The number of rotatable bonds is 5. The van der Waals surface area contributed by atoms with E-state index >= 15 is 0 Å². The second-order valence-corrected chi connectivity index (χ2v) is 11.0. The molecule has 2 unspecified atom stereocenters. The van der Waals surface area contributed by atoms with Crippen LogP contribution >= 0.6 is 7.60 Å². The van der Waals surface area contributed by atoms with Crippen LogP contribution < -0.4 is 0 Å². The average Bonchev–Trinajstić information content (AvgIpc) is 1.80. The third kappa shape index (κ3) is 7.44. The average molecular weight is 224 g/mol. The van der Waals surface area contributed by atoms with Crippen molar-refractivity contribution in [3.8, 4) is 0 Å². The molecular weight excluding hydrogens is 203 g/mol. The Morgan fingerprint density at radius 2 is 1.85 bits per heavy atom.